The minimum absolute atomic E-state index is 0.0909. The SMILES string of the molecule is CCOc1ccccc1N1CCN(C(C)C(=O)N2CC(C)OC(C)C2)CC1. The van der Waals surface area contributed by atoms with Crippen molar-refractivity contribution in [1.29, 1.82) is 0 Å². The number of hydrogen-bond acceptors (Lipinski definition) is 5. The number of anilines is 1. The lowest BCUT2D eigenvalue weighted by molar-refractivity contribution is -0.148. The van der Waals surface area contributed by atoms with Crippen molar-refractivity contribution >= 4 is 11.6 Å². The van der Waals surface area contributed by atoms with Crippen molar-refractivity contribution < 1.29 is 14.3 Å². The maximum Gasteiger partial charge on any atom is 0.239 e. The van der Waals surface area contributed by atoms with E-state index in [-0.39, 0.29) is 24.2 Å². The van der Waals surface area contributed by atoms with Gasteiger partial charge in [-0.15, -0.1) is 0 Å². The monoisotopic (exact) mass is 375 g/mol. The van der Waals surface area contributed by atoms with E-state index in [9.17, 15) is 4.79 Å². The number of morpholine rings is 1. The molecule has 2 saturated heterocycles. The smallest absolute Gasteiger partial charge is 0.239 e. The summed E-state index contributed by atoms with van der Waals surface area (Å²) >= 11 is 0. The van der Waals surface area contributed by atoms with Gasteiger partial charge in [0.05, 0.1) is 30.5 Å². The fourth-order valence-electron chi connectivity index (χ4n) is 4.12. The molecule has 0 bridgehead atoms. The zero-order valence-corrected chi connectivity index (χ0v) is 17.1. The van der Waals surface area contributed by atoms with Crippen LogP contribution in [0.4, 0.5) is 5.69 Å². The molecule has 0 radical (unpaired) electrons. The third kappa shape index (κ3) is 4.74. The van der Waals surface area contributed by atoms with E-state index in [0.717, 1.165) is 37.6 Å². The second-order valence-electron chi connectivity index (χ2n) is 7.60. The third-order valence-corrected chi connectivity index (χ3v) is 5.46. The van der Waals surface area contributed by atoms with E-state index in [2.05, 4.69) is 21.9 Å². The fourth-order valence-corrected chi connectivity index (χ4v) is 4.12. The average Bonchev–Trinajstić information content (AvgIpc) is 2.67. The van der Waals surface area contributed by atoms with E-state index >= 15 is 0 Å². The van der Waals surface area contributed by atoms with Crippen LogP contribution in [-0.2, 0) is 9.53 Å². The Hall–Kier alpha value is -1.79. The number of hydrogen-bond donors (Lipinski definition) is 0. The molecule has 3 rings (SSSR count). The van der Waals surface area contributed by atoms with Crippen molar-refractivity contribution in [3.05, 3.63) is 24.3 Å². The average molecular weight is 376 g/mol. The molecule has 150 valence electrons. The van der Waals surface area contributed by atoms with Crippen molar-refractivity contribution in [3.8, 4) is 5.75 Å². The molecule has 0 spiro atoms. The lowest BCUT2D eigenvalue weighted by atomic mass is 10.1. The fraction of sp³-hybridized carbons (Fsp3) is 0.667. The first-order chi connectivity index (χ1) is 13.0. The van der Waals surface area contributed by atoms with E-state index in [4.69, 9.17) is 9.47 Å². The van der Waals surface area contributed by atoms with Gasteiger partial charge >= 0.3 is 0 Å². The second-order valence-corrected chi connectivity index (χ2v) is 7.60. The summed E-state index contributed by atoms with van der Waals surface area (Å²) in [5.74, 6) is 1.16. The van der Waals surface area contributed by atoms with Gasteiger partial charge in [0.1, 0.15) is 5.75 Å². The summed E-state index contributed by atoms with van der Waals surface area (Å²) in [5.41, 5.74) is 1.15. The van der Waals surface area contributed by atoms with Crippen LogP contribution in [0.15, 0.2) is 24.3 Å². The van der Waals surface area contributed by atoms with Gasteiger partial charge in [-0.2, -0.15) is 0 Å². The molecule has 1 aromatic carbocycles. The summed E-state index contributed by atoms with van der Waals surface area (Å²) in [6, 6.07) is 8.11. The molecular formula is C21H33N3O3. The van der Waals surface area contributed by atoms with Crippen molar-refractivity contribution in [1.82, 2.24) is 9.80 Å². The van der Waals surface area contributed by atoms with Crippen LogP contribution in [-0.4, -0.2) is 79.8 Å². The molecule has 2 heterocycles. The molecule has 0 N–H and O–H groups in total. The number of para-hydroxylation sites is 2. The molecule has 2 aliphatic heterocycles. The molecule has 2 fully saturated rings. The summed E-state index contributed by atoms with van der Waals surface area (Å²) < 4.78 is 11.5. The van der Waals surface area contributed by atoms with Gasteiger partial charge in [0.25, 0.3) is 0 Å². The number of nitrogens with zero attached hydrogens (tertiary/aromatic N) is 3. The highest BCUT2D eigenvalue weighted by atomic mass is 16.5. The minimum Gasteiger partial charge on any atom is -0.492 e. The Morgan fingerprint density at radius 2 is 1.78 bits per heavy atom. The zero-order valence-electron chi connectivity index (χ0n) is 17.1. The molecule has 27 heavy (non-hydrogen) atoms. The Bertz CT molecular complexity index is 621. The first-order valence-electron chi connectivity index (χ1n) is 10.1. The Kier molecular flexibility index (Phi) is 6.60. The highest BCUT2D eigenvalue weighted by Gasteiger charge is 2.32. The number of carbonyl (C=O) groups excluding carboxylic acids is 1. The Morgan fingerprint density at radius 3 is 2.41 bits per heavy atom. The maximum atomic E-state index is 13.0. The molecular weight excluding hydrogens is 342 g/mol. The van der Waals surface area contributed by atoms with Crippen LogP contribution in [0.1, 0.15) is 27.7 Å². The number of amides is 1. The van der Waals surface area contributed by atoms with Crippen LogP contribution < -0.4 is 9.64 Å². The van der Waals surface area contributed by atoms with Gasteiger partial charge in [-0.1, -0.05) is 12.1 Å². The quantitative estimate of drug-likeness (QED) is 0.790. The molecule has 3 atom stereocenters. The summed E-state index contributed by atoms with van der Waals surface area (Å²) in [7, 11) is 0. The van der Waals surface area contributed by atoms with E-state index < -0.39 is 0 Å². The summed E-state index contributed by atoms with van der Waals surface area (Å²) in [6.07, 6.45) is 0.216. The van der Waals surface area contributed by atoms with Crippen LogP contribution in [0.2, 0.25) is 0 Å². The predicted octanol–water partition coefficient (Wildman–Crippen LogP) is 2.23. The first-order valence-corrected chi connectivity index (χ1v) is 10.1. The second kappa shape index (κ2) is 8.93. The minimum atomic E-state index is -0.0909. The summed E-state index contributed by atoms with van der Waals surface area (Å²) in [5, 5.41) is 0. The molecule has 2 aliphatic rings. The molecule has 3 unspecified atom stereocenters. The number of carbonyl (C=O) groups is 1. The van der Waals surface area contributed by atoms with Crippen molar-refractivity contribution in [2.75, 3.05) is 50.8 Å². The Morgan fingerprint density at radius 1 is 1.15 bits per heavy atom. The van der Waals surface area contributed by atoms with Gasteiger partial charge in [0, 0.05) is 39.3 Å². The van der Waals surface area contributed by atoms with E-state index in [1.54, 1.807) is 0 Å². The molecule has 0 aromatic heterocycles. The summed E-state index contributed by atoms with van der Waals surface area (Å²) in [6.45, 7) is 13.7. The predicted molar refractivity (Wildman–Crippen MR) is 107 cm³/mol. The lowest BCUT2D eigenvalue weighted by Crippen LogP contribution is -2.57. The number of ether oxygens (including phenoxy) is 2. The Balaban J connectivity index is 1.58. The summed E-state index contributed by atoms with van der Waals surface area (Å²) in [4.78, 5) is 19.6. The third-order valence-electron chi connectivity index (χ3n) is 5.46. The van der Waals surface area contributed by atoms with Gasteiger partial charge in [-0.25, -0.2) is 0 Å². The van der Waals surface area contributed by atoms with Gasteiger partial charge in [0.2, 0.25) is 5.91 Å². The van der Waals surface area contributed by atoms with Crippen molar-refractivity contribution in [2.24, 2.45) is 0 Å². The van der Waals surface area contributed by atoms with Crippen LogP contribution >= 0.6 is 0 Å². The zero-order chi connectivity index (χ0) is 19.4. The molecule has 1 amide bonds. The van der Waals surface area contributed by atoms with Gasteiger partial charge < -0.3 is 19.3 Å². The largest absolute Gasteiger partial charge is 0.492 e. The van der Waals surface area contributed by atoms with E-state index in [1.807, 2.05) is 44.7 Å². The van der Waals surface area contributed by atoms with Gasteiger partial charge in [-0.3, -0.25) is 9.69 Å². The maximum absolute atomic E-state index is 13.0. The Labute approximate surface area is 163 Å². The molecule has 6 heteroatoms. The molecule has 0 aliphatic carbocycles. The highest BCUT2D eigenvalue weighted by Crippen LogP contribution is 2.29. The van der Waals surface area contributed by atoms with E-state index in [0.29, 0.717) is 19.7 Å². The van der Waals surface area contributed by atoms with Gasteiger partial charge in [-0.05, 0) is 39.8 Å². The number of rotatable bonds is 5. The van der Waals surface area contributed by atoms with E-state index in [1.165, 1.54) is 0 Å². The highest BCUT2D eigenvalue weighted by molar-refractivity contribution is 5.81. The topological polar surface area (TPSA) is 45.2 Å². The van der Waals surface area contributed by atoms with Crippen LogP contribution in [0.5, 0.6) is 5.75 Å². The standard InChI is InChI=1S/C21H33N3O3/c1-5-26-20-9-7-6-8-19(20)23-12-10-22(11-13-23)18(4)21(25)24-14-16(2)27-17(3)15-24/h6-9,16-18H,5,10-15H2,1-4H3. The number of piperazine rings is 1. The van der Waals surface area contributed by atoms with Crippen LogP contribution in [0, 0.1) is 0 Å². The van der Waals surface area contributed by atoms with Crippen molar-refractivity contribution in [3.63, 3.8) is 0 Å². The first kappa shape index (κ1) is 20.0. The van der Waals surface area contributed by atoms with Crippen LogP contribution in [0.3, 0.4) is 0 Å². The lowest BCUT2D eigenvalue weighted by Gasteiger charge is -2.42. The molecule has 0 saturated carbocycles. The van der Waals surface area contributed by atoms with Crippen LogP contribution in [0.25, 0.3) is 0 Å². The molecule has 1 aromatic rings. The normalized spacial score (nSPS) is 25.3. The number of benzene rings is 1. The van der Waals surface area contributed by atoms with Crippen molar-refractivity contribution in [2.45, 2.75) is 45.9 Å². The molecule has 6 nitrogen and oxygen atoms in total. The van der Waals surface area contributed by atoms with Gasteiger partial charge in [0.15, 0.2) is 0 Å².